The SMILES string of the molecule is CCc1nn(C)cc1CN[C@@H](C)c1ccccc1OC. The van der Waals surface area contributed by atoms with Crippen LogP contribution in [0.1, 0.15) is 36.7 Å². The van der Waals surface area contributed by atoms with Crippen molar-refractivity contribution < 1.29 is 4.74 Å². The van der Waals surface area contributed by atoms with Crippen molar-refractivity contribution in [1.29, 1.82) is 0 Å². The molecule has 0 saturated heterocycles. The minimum absolute atomic E-state index is 0.232. The summed E-state index contributed by atoms with van der Waals surface area (Å²) in [4.78, 5) is 0. The maximum absolute atomic E-state index is 5.41. The molecule has 2 rings (SSSR count). The normalized spacial score (nSPS) is 12.4. The van der Waals surface area contributed by atoms with E-state index >= 15 is 0 Å². The molecule has 2 aromatic rings. The number of aromatic nitrogens is 2. The Kier molecular flexibility index (Phi) is 4.79. The van der Waals surface area contributed by atoms with Gasteiger partial charge >= 0.3 is 0 Å². The number of ether oxygens (including phenoxy) is 1. The van der Waals surface area contributed by atoms with Gasteiger partial charge in [-0.25, -0.2) is 0 Å². The molecule has 4 heteroatoms. The third-order valence-corrected chi connectivity index (χ3v) is 3.53. The van der Waals surface area contributed by atoms with E-state index in [1.54, 1.807) is 7.11 Å². The Morgan fingerprint density at radius 3 is 2.80 bits per heavy atom. The molecule has 0 aliphatic rings. The molecule has 1 atom stereocenters. The molecule has 0 unspecified atom stereocenters. The molecule has 1 aromatic carbocycles. The van der Waals surface area contributed by atoms with E-state index in [1.807, 2.05) is 29.9 Å². The highest BCUT2D eigenvalue weighted by molar-refractivity contribution is 5.35. The fourth-order valence-corrected chi connectivity index (χ4v) is 2.43. The van der Waals surface area contributed by atoms with Gasteiger partial charge in [0.1, 0.15) is 5.75 Å². The first kappa shape index (κ1) is 14.6. The average Bonchev–Trinajstić information content (AvgIpc) is 2.84. The van der Waals surface area contributed by atoms with Crippen LogP contribution in [0.4, 0.5) is 0 Å². The summed E-state index contributed by atoms with van der Waals surface area (Å²) >= 11 is 0. The number of para-hydroxylation sites is 1. The van der Waals surface area contributed by atoms with Crippen LogP contribution in [0.15, 0.2) is 30.5 Å². The van der Waals surface area contributed by atoms with Crippen molar-refractivity contribution in [3.63, 3.8) is 0 Å². The summed E-state index contributed by atoms with van der Waals surface area (Å²) in [6.07, 6.45) is 3.04. The fourth-order valence-electron chi connectivity index (χ4n) is 2.43. The highest BCUT2D eigenvalue weighted by Gasteiger charge is 2.12. The lowest BCUT2D eigenvalue weighted by Crippen LogP contribution is -2.19. The van der Waals surface area contributed by atoms with Gasteiger partial charge in [0.15, 0.2) is 0 Å². The molecule has 0 saturated carbocycles. The van der Waals surface area contributed by atoms with E-state index in [0.717, 1.165) is 24.4 Å². The number of hydrogen-bond donors (Lipinski definition) is 1. The maximum atomic E-state index is 5.41. The quantitative estimate of drug-likeness (QED) is 0.879. The third-order valence-electron chi connectivity index (χ3n) is 3.53. The molecular formula is C16H23N3O. The van der Waals surface area contributed by atoms with E-state index in [9.17, 15) is 0 Å². The van der Waals surface area contributed by atoms with Crippen LogP contribution in [0.2, 0.25) is 0 Å². The van der Waals surface area contributed by atoms with Gasteiger partial charge in [-0.1, -0.05) is 25.1 Å². The molecule has 0 amide bonds. The first-order valence-corrected chi connectivity index (χ1v) is 7.03. The number of nitrogens with one attached hydrogen (secondary N) is 1. The van der Waals surface area contributed by atoms with Crippen molar-refractivity contribution in [3.05, 3.63) is 47.3 Å². The summed E-state index contributed by atoms with van der Waals surface area (Å²) < 4.78 is 7.29. The molecule has 0 aliphatic heterocycles. The monoisotopic (exact) mass is 273 g/mol. The number of nitrogens with zero attached hydrogens (tertiary/aromatic N) is 2. The number of aryl methyl sites for hydroxylation is 2. The number of benzene rings is 1. The second-order valence-corrected chi connectivity index (χ2v) is 4.97. The van der Waals surface area contributed by atoms with E-state index in [4.69, 9.17) is 4.74 Å². The van der Waals surface area contributed by atoms with Crippen molar-refractivity contribution in [2.75, 3.05) is 7.11 Å². The fraction of sp³-hybridized carbons (Fsp3) is 0.438. The second kappa shape index (κ2) is 6.57. The van der Waals surface area contributed by atoms with Gasteiger partial charge in [-0.15, -0.1) is 0 Å². The van der Waals surface area contributed by atoms with E-state index in [2.05, 4.69) is 36.5 Å². The van der Waals surface area contributed by atoms with Crippen molar-refractivity contribution in [1.82, 2.24) is 15.1 Å². The zero-order chi connectivity index (χ0) is 14.5. The van der Waals surface area contributed by atoms with E-state index in [1.165, 1.54) is 11.1 Å². The van der Waals surface area contributed by atoms with Crippen LogP contribution < -0.4 is 10.1 Å². The smallest absolute Gasteiger partial charge is 0.123 e. The summed E-state index contributed by atoms with van der Waals surface area (Å²) in [5.41, 5.74) is 3.60. The van der Waals surface area contributed by atoms with Gasteiger partial charge in [0, 0.05) is 37.0 Å². The molecule has 0 radical (unpaired) electrons. The van der Waals surface area contributed by atoms with Crippen LogP contribution in [0.5, 0.6) is 5.75 Å². The van der Waals surface area contributed by atoms with Crippen LogP contribution >= 0.6 is 0 Å². The summed E-state index contributed by atoms with van der Waals surface area (Å²) in [5, 5.41) is 8.01. The van der Waals surface area contributed by atoms with Crippen LogP contribution in [-0.2, 0) is 20.0 Å². The van der Waals surface area contributed by atoms with Gasteiger partial charge in [-0.2, -0.15) is 5.10 Å². The summed E-state index contributed by atoms with van der Waals surface area (Å²) in [6, 6.07) is 8.36. The Morgan fingerprint density at radius 1 is 1.35 bits per heavy atom. The molecule has 0 aliphatic carbocycles. The molecule has 1 N–H and O–H groups in total. The Hall–Kier alpha value is -1.81. The highest BCUT2D eigenvalue weighted by Crippen LogP contribution is 2.24. The van der Waals surface area contributed by atoms with Crippen LogP contribution in [0, 0.1) is 0 Å². The summed E-state index contributed by atoms with van der Waals surface area (Å²) in [6.45, 7) is 5.10. The van der Waals surface area contributed by atoms with Crippen LogP contribution in [0.3, 0.4) is 0 Å². The van der Waals surface area contributed by atoms with Gasteiger partial charge in [0.25, 0.3) is 0 Å². The molecule has 108 valence electrons. The lowest BCUT2D eigenvalue weighted by Gasteiger charge is -2.17. The molecule has 1 heterocycles. The molecule has 4 nitrogen and oxygen atoms in total. The standard InChI is InChI=1S/C16H23N3O/c1-5-15-13(11-19(3)18-15)10-17-12(2)14-8-6-7-9-16(14)20-4/h6-9,11-12,17H,5,10H2,1-4H3/t12-/m0/s1. The van der Waals surface area contributed by atoms with Crippen LogP contribution in [0.25, 0.3) is 0 Å². The molecular weight excluding hydrogens is 250 g/mol. The molecule has 0 bridgehead atoms. The van der Waals surface area contributed by atoms with Crippen molar-refractivity contribution in [2.24, 2.45) is 7.05 Å². The topological polar surface area (TPSA) is 39.1 Å². The van der Waals surface area contributed by atoms with E-state index in [0.29, 0.717) is 0 Å². The lowest BCUT2D eigenvalue weighted by atomic mass is 10.1. The maximum Gasteiger partial charge on any atom is 0.123 e. The summed E-state index contributed by atoms with van der Waals surface area (Å²) in [5.74, 6) is 0.925. The van der Waals surface area contributed by atoms with Crippen molar-refractivity contribution in [3.8, 4) is 5.75 Å². The minimum Gasteiger partial charge on any atom is -0.496 e. The predicted octanol–water partition coefficient (Wildman–Crippen LogP) is 2.84. The average molecular weight is 273 g/mol. The third kappa shape index (κ3) is 3.20. The number of rotatable bonds is 6. The Balaban J connectivity index is 2.06. The molecule has 1 aromatic heterocycles. The van der Waals surface area contributed by atoms with E-state index < -0.39 is 0 Å². The van der Waals surface area contributed by atoms with Gasteiger partial charge < -0.3 is 10.1 Å². The largest absolute Gasteiger partial charge is 0.496 e. The van der Waals surface area contributed by atoms with Gasteiger partial charge in [-0.3, -0.25) is 4.68 Å². The lowest BCUT2D eigenvalue weighted by molar-refractivity contribution is 0.401. The predicted molar refractivity (Wildman–Crippen MR) is 80.8 cm³/mol. The number of hydrogen-bond acceptors (Lipinski definition) is 3. The van der Waals surface area contributed by atoms with Crippen molar-refractivity contribution >= 4 is 0 Å². The Labute approximate surface area is 120 Å². The first-order chi connectivity index (χ1) is 9.65. The molecule has 0 spiro atoms. The zero-order valence-electron chi connectivity index (χ0n) is 12.7. The van der Waals surface area contributed by atoms with Gasteiger partial charge in [-0.05, 0) is 19.4 Å². The molecule has 0 fully saturated rings. The van der Waals surface area contributed by atoms with Gasteiger partial charge in [0.2, 0.25) is 0 Å². The highest BCUT2D eigenvalue weighted by atomic mass is 16.5. The van der Waals surface area contributed by atoms with Crippen LogP contribution in [-0.4, -0.2) is 16.9 Å². The number of methoxy groups -OCH3 is 1. The Morgan fingerprint density at radius 2 is 2.10 bits per heavy atom. The zero-order valence-corrected chi connectivity index (χ0v) is 12.7. The second-order valence-electron chi connectivity index (χ2n) is 4.97. The van der Waals surface area contributed by atoms with Gasteiger partial charge in [0.05, 0.1) is 12.8 Å². The molecule has 20 heavy (non-hydrogen) atoms. The van der Waals surface area contributed by atoms with E-state index in [-0.39, 0.29) is 6.04 Å². The van der Waals surface area contributed by atoms with Crippen molar-refractivity contribution in [2.45, 2.75) is 32.9 Å². The first-order valence-electron chi connectivity index (χ1n) is 7.03. The minimum atomic E-state index is 0.232. The Bertz CT molecular complexity index is 563. The summed E-state index contributed by atoms with van der Waals surface area (Å²) in [7, 11) is 3.67.